The molecule has 25 heavy (non-hydrogen) atoms. The molecule has 2 aromatic carbocycles. The lowest BCUT2D eigenvalue weighted by Crippen LogP contribution is -2.13. The van der Waals surface area contributed by atoms with E-state index in [1.165, 1.54) is 0 Å². The molecule has 1 unspecified atom stereocenters. The highest BCUT2D eigenvalue weighted by molar-refractivity contribution is 7.80. The van der Waals surface area contributed by atoms with Gasteiger partial charge in [-0.2, -0.15) is 0 Å². The summed E-state index contributed by atoms with van der Waals surface area (Å²) >= 11 is -2.06. The minimum Gasteiger partial charge on any atom is -0.497 e. The largest absolute Gasteiger partial charge is 0.497 e. The minimum absolute atomic E-state index is 0.644. The SMILES string of the molecule is COc1ccc2c(N3CCc4cc(NS(=O)O)ccc43)ccnc2c1. The standard InChI is InChI=1S/C18H17N3O3S/c1-24-14-3-4-15-16(11-14)19-8-6-18(15)21-9-7-12-10-13(20-25(22)23)2-5-17(12)21/h2-6,8,10-11,20H,7,9H2,1H3,(H,22,23). The second kappa shape index (κ2) is 6.34. The van der Waals surface area contributed by atoms with Crippen molar-refractivity contribution >= 4 is 39.2 Å². The molecule has 2 N–H and O–H groups in total. The van der Waals surface area contributed by atoms with Crippen LogP contribution < -0.4 is 14.4 Å². The van der Waals surface area contributed by atoms with E-state index in [-0.39, 0.29) is 0 Å². The predicted octanol–water partition coefficient (Wildman–Crippen LogP) is 3.49. The third kappa shape index (κ3) is 2.92. The van der Waals surface area contributed by atoms with Gasteiger partial charge >= 0.3 is 0 Å². The molecule has 0 saturated carbocycles. The predicted molar refractivity (Wildman–Crippen MR) is 99.8 cm³/mol. The van der Waals surface area contributed by atoms with Gasteiger partial charge in [0.1, 0.15) is 5.75 Å². The van der Waals surface area contributed by atoms with Gasteiger partial charge in [0.2, 0.25) is 0 Å². The molecule has 0 radical (unpaired) electrons. The van der Waals surface area contributed by atoms with Crippen molar-refractivity contribution in [1.82, 2.24) is 4.98 Å². The molecule has 1 atom stereocenters. The van der Waals surface area contributed by atoms with Crippen LogP contribution in [0.5, 0.6) is 5.75 Å². The van der Waals surface area contributed by atoms with Crippen molar-refractivity contribution in [2.75, 3.05) is 23.3 Å². The van der Waals surface area contributed by atoms with Gasteiger partial charge in [-0.25, -0.2) is 4.21 Å². The molecule has 6 nitrogen and oxygen atoms in total. The van der Waals surface area contributed by atoms with Crippen molar-refractivity contribution in [3.05, 3.63) is 54.2 Å². The van der Waals surface area contributed by atoms with Crippen LogP contribution in [-0.4, -0.2) is 27.4 Å². The third-order valence-electron chi connectivity index (χ3n) is 4.40. The summed E-state index contributed by atoms with van der Waals surface area (Å²) in [6.45, 7) is 0.853. The zero-order valence-electron chi connectivity index (χ0n) is 13.6. The van der Waals surface area contributed by atoms with E-state index in [4.69, 9.17) is 9.29 Å². The molecule has 0 amide bonds. The maximum absolute atomic E-state index is 10.9. The summed E-state index contributed by atoms with van der Waals surface area (Å²) in [4.78, 5) is 6.70. The Balaban J connectivity index is 1.76. The van der Waals surface area contributed by atoms with E-state index >= 15 is 0 Å². The first-order valence-electron chi connectivity index (χ1n) is 7.86. The van der Waals surface area contributed by atoms with Gasteiger partial charge in [-0.15, -0.1) is 0 Å². The van der Waals surface area contributed by atoms with Gasteiger partial charge in [-0.3, -0.25) is 14.3 Å². The van der Waals surface area contributed by atoms with Crippen molar-refractivity contribution in [2.45, 2.75) is 6.42 Å². The summed E-state index contributed by atoms with van der Waals surface area (Å²) in [6, 6.07) is 13.6. The lowest BCUT2D eigenvalue weighted by molar-refractivity contribution is 0.415. The highest BCUT2D eigenvalue weighted by Crippen LogP contribution is 2.39. The Morgan fingerprint density at radius 1 is 1.20 bits per heavy atom. The van der Waals surface area contributed by atoms with Crippen LogP contribution in [0.25, 0.3) is 10.9 Å². The van der Waals surface area contributed by atoms with Crippen LogP contribution in [0.2, 0.25) is 0 Å². The first kappa shape index (κ1) is 15.9. The first-order chi connectivity index (χ1) is 12.2. The van der Waals surface area contributed by atoms with E-state index in [0.717, 1.165) is 46.6 Å². The molecule has 1 aliphatic rings. The number of fused-ring (bicyclic) bond motifs is 2. The van der Waals surface area contributed by atoms with E-state index in [1.807, 2.05) is 42.5 Å². The molecule has 0 aliphatic carbocycles. The van der Waals surface area contributed by atoms with Gasteiger partial charge in [0.15, 0.2) is 0 Å². The number of benzene rings is 2. The molecule has 4 rings (SSSR count). The number of anilines is 3. The Bertz CT molecular complexity index is 977. The first-order valence-corrected chi connectivity index (χ1v) is 8.97. The molecule has 1 aliphatic heterocycles. The van der Waals surface area contributed by atoms with Crippen molar-refractivity contribution in [2.24, 2.45) is 0 Å². The van der Waals surface area contributed by atoms with Crippen LogP contribution in [0.15, 0.2) is 48.7 Å². The number of ether oxygens (including phenoxy) is 1. The zero-order chi connectivity index (χ0) is 17.4. The summed E-state index contributed by atoms with van der Waals surface area (Å²) < 4.78 is 27.7. The second-order valence-corrected chi connectivity index (χ2v) is 6.51. The highest BCUT2D eigenvalue weighted by atomic mass is 32.2. The topological polar surface area (TPSA) is 74.7 Å². The van der Waals surface area contributed by atoms with E-state index in [9.17, 15) is 4.21 Å². The van der Waals surface area contributed by atoms with E-state index in [1.54, 1.807) is 13.3 Å². The van der Waals surface area contributed by atoms with Gasteiger partial charge in [0, 0.05) is 35.6 Å². The van der Waals surface area contributed by atoms with Crippen molar-refractivity contribution in [3.8, 4) is 5.75 Å². The number of nitrogens with zero attached hydrogens (tertiary/aromatic N) is 2. The van der Waals surface area contributed by atoms with Crippen molar-refractivity contribution in [3.63, 3.8) is 0 Å². The summed E-state index contributed by atoms with van der Waals surface area (Å²) in [5, 5.41) is 1.06. The van der Waals surface area contributed by atoms with Gasteiger partial charge < -0.3 is 9.64 Å². The van der Waals surface area contributed by atoms with E-state index in [2.05, 4.69) is 14.6 Å². The zero-order valence-corrected chi connectivity index (χ0v) is 14.4. The number of hydrogen-bond acceptors (Lipinski definition) is 4. The second-order valence-electron chi connectivity index (χ2n) is 5.81. The molecule has 1 aromatic heterocycles. The number of rotatable bonds is 4. The van der Waals surface area contributed by atoms with Crippen LogP contribution in [0, 0.1) is 0 Å². The third-order valence-corrected chi connectivity index (χ3v) is 4.81. The smallest absolute Gasteiger partial charge is 0.259 e. The number of hydrogen-bond donors (Lipinski definition) is 2. The van der Waals surface area contributed by atoms with Crippen LogP contribution >= 0.6 is 0 Å². The lowest BCUT2D eigenvalue weighted by Gasteiger charge is -2.21. The van der Waals surface area contributed by atoms with Gasteiger partial charge in [0.05, 0.1) is 18.3 Å². The summed E-state index contributed by atoms with van der Waals surface area (Å²) in [6.07, 6.45) is 2.68. The summed E-state index contributed by atoms with van der Waals surface area (Å²) in [7, 11) is 1.65. The highest BCUT2D eigenvalue weighted by Gasteiger charge is 2.22. The number of nitrogens with one attached hydrogen (secondary N) is 1. The summed E-state index contributed by atoms with van der Waals surface area (Å²) in [5.74, 6) is 0.784. The minimum atomic E-state index is -2.06. The fourth-order valence-corrected chi connectivity index (χ4v) is 3.62. The fourth-order valence-electron chi connectivity index (χ4n) is 3.29. The van der Waals surface area contributed by atoms with Crippen LogP contribution in [0.4, 0.5) is 17.1 Å². The van der Waals surface area contributed by atoms with E-state index < -0.39 is 11.3 Å². The monoisotopic (exact) mass is 355 g/mol. The Kier molecular flexibility index (Phi) is 4.03. The molecule has 0 saturated heterocycles. The molecule has 0 bridgehead atoms. The molecular formula is C18H17N3O3S. The molecule has 128 valence electrons. The molecular weight excluding hydrogens is 338 g/mol. The van der Waals surface area contributed by atoms with Gasteiger partial charge in [-0.1, -0.05) is 0 Å². The van der Waals surface area contributed by atoms with Crippen LogP contribution in [-0.2, 0) is 17.7 Å². The Morgan fingerprint density at radius 3 is 2.88 bits per heavy atom. The molecule has 0 fully saturated rings. The number of methoxy groups -OCH3 is 1. The maximum Gasteiger partial charge on any atom is 0.259 e. The van der Waals surface area contributed by atoms with Crippen LogP contribution in [0.3, 0.4) is 0 Å². The van der Waals surface area contributed by atoms with Gasteiger partial charge in [-0.05, 0) is 48.4 Å². The fraction of sp³-hybridized carbons (Fsp3) is 0.167. The molecule has 2 heterocycles. The number of aromatic nitrogens is 1. The molecule has 0 spiro atoms. The Labute approximate surface area is 147 Å². The normalized spacial score (nSPS) is 14.4. The quantitative estimate of drug-likeness (QED) is 0.701. The maximum atomic E-state index is 10.9. The molecule has 3 aromatic rings. The average molecular weight is 355 g/mol. The number of pyridine rings is 1. The van der Waals surface area contributed by atoms with E-state index in [0.29, 0.717) is 5.69 Å². The van der Waals surface area contributed by atoms with Crippen molar-refractivity contribution in [1.29, 1.82) is 0 Å². The van der Waals surface area contributed by atoms with Crippen molar-refractivity contribution < 1.29 is 13.5 Å². The van der Waals surface area contributed by atoms with Gasteiger partial charge in [0.25, 0.3) is 11.3 Å². The Morgan fingerprint density at radius 2 is 2.08 bits per heavy atom. The molecule has 7 heteroatoms. The summed E-state index contributed by atoms with van der Waals surface area (Å²) in [5.41, 5.74) is 4.88. The van der Waals surface area contributed by atoms with Crippen LogP contribution in [0.1, 0.15) is 5.56 Å². The average Bonchev–Trinajstić information content (AvgIpc) is 3.03. The lowest BCUT2D eigenvalue weighted by atomic mass is 10.1. The Hall–Kier alpha value is -2.64.